The molecule has 0 unspecified atom stereocenters. The minimum absolute atomic E-state index is 0.274. The Bertz CT molecular complexity index is 736. The summed E-state index contributed by atoms with van der Waals surface area (Å²) in [4.78, 5) is 25.4. The lowest BCUT2D eigenvalue weighted by molar-refractivity contribution is 0.0694. The molecule has 0 bridgehead atoms. The minimum atomic E-state index is -1.26. The van der Waals surface area contributed by atoms with E-state index in [1.807, 2.05) is 19.0 Å². The average Bonchev–Trinajstić information content (AvgIpc) is 2.46. The van der Waals surface area contributed by atoms with Gasteiger partial charge in [0.15, 0.2) is 0 Å². The van der Waals surface area contributed by atoms with Crippen LogP contribution in [0.15, 0.2) is 41.2 Å². The van der Waals surface area contributed by atoms with E-state index in [9.17, 15) is 14.0 Å². The molecule has 1 N–H and O–H groups in total. The highest BCUT2D eigenvalue weighted by Crippen LogP contribution is 2.19. The molecule has 2 aromatic rings. The van der Waals surface area contributed by atoms with E-state index in [1.165, 1.54) is 22.8 Å². The quantitative estimate of drug-likeness (QED) is 0.916. The van der Waals surface area contributed by atoms with E-state index in [1.54, 1.807) is 18.2 Å². The second kappa shape index (κ2) is 6.53. The van der Waals surface area contributed by atoms with Crippen LogP contribution in [0.1, 0.15) is 10.4 Å². The van der Waals surface area contributed by atoms with Gasteiger partial charge in [0, 0.05) is 13.1 Å². The largest absolute Gasteiger partial charge is 0.477 e. The molecule has 0 atom stereocenters. The molecule has 0 radical (unpaired) electrons. The first-order valence-electron chi connectivity index (χ1n) is 6.78. The van der Waals surface area contributed by atoms with E-state index >= 15 is 0 Å². The molecule has 0 aliphatic rings. The number of carbonyl (C=O) groups is 1. The van der Waals surface area contributed by atoms with Crippen molar-refractivity contribution >= 4 is 5.97 Å². The molecular weight excluding hydrogens is 287 g/mol. The van der Waals surface area contributed by atoms with Crippen molar-refractivity contribution in [3.05, 3.63) is 58.1 Å². The van der Waals surface area contributed by atoms with E-state index in [2.05, 4.69) is 0 Å². The number of hydrogen-bond acceptors (Lipinski definition) is 3. The van der Waals surface area contributed by atoms with Crippen LogP contribution in [-0.2, 0) is 6.54 Å². The number of pyridine rings is 1. The molecule has 1 aromatic carbocycles. The van der Waals surface area contributed by atoms with Crippen LogP contribution in [0.4, 0.5) is 4.39 Å². The van der Waals surface area contributed by atoms with Crippen LogP contribution in [0.5, 0.6) is 0 Å². The van der Waals surface area contributed by atoms with Crippen LogP contribution in [0.25, 0.3) is 11.3 Å². The maximum Gasteiger partial charge on any atom is 0.341 e. The highest BCUT2D eigenvalue weighted by molar-refractivity contribution is 5.87. The summed E-state index contributed by atoms with van der Waals surface area (Å²) >= 11 is 0. The minimum Gasteiger partial charge on any atom is -0.477 e. The van der Waals surface area contributed by atoms with Gasteiger partial charge in [0.25, 0.3) is 5.56 Å². The monoisotopic (exact) mass is 304 g/mol. The number of nitrogens with zero attached hydrogens (tertiary/aromatic N) is 2. The molecule has 0 fully saturated rings. The van der Waals surface area contributed by atoms with Crippen molar-refractivity contribution in [2.24, 2.45) is 0 Å². The van der Waals surface area contributed by atoms with Crippen molar-refractivity contribution in [2.45, 2.75) is 6.54 Å². The molecule has 0 aliphatic heterocycles. The van der Waals surface area contributed by atoms with Gasteiger partial charge in [0.2, 0.25) is 0 Å². The number of benzene rings is 1. The Morgan fingerprint density at radius 3 is 2.36 bits per heavy atom. The second-order valence-corrected chi connectivity index (χ2v) is 5.20. The van der Waals surface area contributed by atoms with Crippen molar-refractivity contribution in [1.82, 2.24) is 9.47 Å². The van der Waals surface area contributed by atoms with Crippen LogP contribution >= 0.6 is 0 Å². The van der Waals surface area contributed by atoms with Crippen LogP contribution in [0.3, 0.4) is 0 Å². The van der Waals surface area contributed by atoms with Crippen LogP contribution in [0, 0.1) is 5.82 Å². The Kier molecular flexibility index (Phi) is 4.72. The van der Waals surface area contributed by atoms with E-state index in [-0.39, 0.29) is 11.4 Å². The molecule has 0 saturated heterocycles. The summed E-state index contributed by atoms with van der Waals surface area (Å²) in [5.74, 6) is -1.62. The Hall–Kier alpha value is -2.47. The SMILES string of the molecule is CN(C)CCn1c(-c2ccc(F)cc2)ccc(C(=O)O)c1=O. The first kappa shape index (κ1) is 15.9. The Morgan fingerprint density at radius 1 is 1.18 bits per heavy atom. The number of likely N-dealkylation sites (N-methyl/N-ethyl adjacent to an activating group) is 1. The van der Waals surface area contributed by atoms with Gasteiger partial charge in [0.05, 0.1) is 5.69 Å². The highest BCUT2D eigenvalue weighted by Gasteiger charge is 2.15. The first-order valence-corrected chi connectivity index (χ1v) is 6.78. The number of rotatable bonds is 5. The van der Waals surface area contributed by atoms with Crippen molar-refractivity contribution in [1.29, 1.82) is 0 Å². The number of hydrogen-bond donors (Lipinski definition) is 1. The fraction of sp³-hybridized carbons (Fsp3) is 0.250. The van der Waals surface area contributed by atoms with E-state index in [4.69, 9.17) is 5.11 Å². The third-order valence-corrected chi connectivity index (χ3v) is 3.32. The Morgan fingerprint density at radius 2 is 1.82 bits per heavy atom. The predicted molar refractivity (Wildman–Crippen MR) is 81.6 cm³/mol. The van der Waals surface area contributed by atoms with Gasteiger partial charge >= 0.3 is 5.97 Å². The molecule has 0 saturated carbocycles. The number of carboxylic acid groups (broad SMARTS) is 1. The Balaban J connectivity index is 2.57. The number of halogens is 1. The van der Waals surface area contributed by atoms with Gasteiger partial charge in [0.1, 0.15) is 11.4 Å². The summed E-state index contributed by atoms with van der Waals surface area (Å²) in [6.07, 6.45) is 0. The summed E-state index contributed by atoms with van der Waals surface area (Å²) in [6.45, 7) is 0.927. The van der Waals surface area contributed by atoms with Crippen molar-refractivity contribution in [3.63, 3.8) is 0 Å². The van der Waals surface area contributed by atoms with Gasteiger partial charge in [-0.15, -0.1) is 0 Å². The third kappa shape index (κ3) is 3.40. The average molecular weight is 304 g/mol. The first-order chi connectivity index (χ1) is 10.4. The van der Waals surface area contributed by atoms with Gasteiger partial charge in [-0.1, -0.05) is 0 Å². The second-order valence-electron chi connectivity index (χ2n) is 5.20. The molecule has 1 heterocycles. The molecule has 116 valence electrons. The van der Waals surface area contributed by atoms with Crippen LogP contribution in [-0.4, -0.2) is 41.2 Å². The van der Waals surface area contributed by atoms with Crippen LogP contribution < -0.4 is 5.56 Å². The fourth-order valence-corrected chi connectivity index (χ4v) is 2.14. The summed E-state index contributed by atoms with van der Waals surface area (Å²) in [5.41, 5.74) is 0.395. The zero-order valence-corrected chi connectivity index (χ0v) is 12.4. The number of carboxylic acids is 1. The van der Waals surface area contributed by atoms with Crippen molar-refractivity contribution < 1.29 is 14.3 Å². The van der Waals surface area contributed by atoms with Crippen molar-refractivity contribution in [2.75, 3.05) is 20.6 Å². The molecule has 1 aromatic heterocycles. The van der Waals surface area contributed by atoms with Gasteiger partial charge < -0.3 is 14.6 Å². The molecule has 22 heavy (non-hydrogen) atoms. The van der Waals surface area contributed by atoms with Gasteiger partial charge in [-0.3, -0.25) is 4.79 Å². The molecular formula is C16H17FN2O3. The fourth-order valence-electron chi connectivity index (χ4n) is 2.14. The lowest BCUT2D eigenvalue weighted by Gasteiger charge is -2.16. The topological polar surface area (TPSA) is 62.5 Å². The number of aromatic nitrogens is 1. The van der Waals surface area contributed by atoms with E-state index < -0.39 is 11.5 Å². The van der Waals surface area contributed by atoms with Crippen LogP contribution in [0.2, 0.25) is 0 Å². The Labute approximate surface area is 127 Å². The molecule has 0 aliphatic carbocycles. The maximum absolute atomic E-state index is 13.1. The predicted octanol–water partition coefficient (Wildman–Crippen LogP) is 1.91. The molecule has 0 amide bonds. The summed E-state index contributed by atoms with van der Waals surface area (Å²) < 4.78 is 14.5. The molecule has 6 heteroatoms. The third-order valence-electron chi connectivity index (χ3n) is 3.32. The molecule has 5 nitrogen and oxygen atoms in total. The smallest absolute Gasteiger partial charge is 0.341 e. The zero-order chi connectivity index (χ0) is 16.3. The normalized spacial score (nSPS) is 10.9. The van der Waals surface area contributed by atoms with E-state index in [0.717, 1.165) is 0 Å². The van der Waals surface area contributed by atoms with Gasteiger partial charge in [-0.05, 0) is 56.1 Å². The summed E-state index contributed by atoms with van der Waals surface area (Å²) in [6, 6.07) is 8.61. The summed E-state index contributed by atoms with van der Waals surface area (Å²) in [5, 5.41) is 9.09. The van der Waals surface area contributed by atoms with E-state index in [0.29, 0.717) is 24.3 Å². The lowest BCUT2D eigenvalue weighted by atomic mass is 10.1. The summed E-state index contributed by atoms with van der Waals surface area (Å²) in [7, 11) is 3.73. The van der Waals surface area contributed by atoms with Crippen molar-refractivity contribution in [3.8, 4) is 11.3 Å². The molecule has 2 rings (SSSR count). The standard InChI is InChI=1S/C16H17FN2O3/c1-18(2)9-10-19-14(11-3-5-12(17)6-4-11)8-7-13(15(19)20)16(21)22/h3-8H,9-10H2,1-2H3,(H,21,22). The highest BCUT2D eigenvalue weighted by atomic mass is 19.1. The van der Waals surface area contributed by atoms with Gasteiger partial charge in [-0.25, -0.2) is 9.18 Å². The van der Waals surface area contributed by atoms with Gasteiger partial charge in [-0.2, -0.15) is 0 Å². The number of aromatic carboxylic acids is 1. The lowest BCUT2D eigenvalue weighted by Crippen LogP contribution is -2.31. The maximum atomic E-state index is 13.1. The zero-order valence-electron chi connectivity index (χ0n) is 12.4. The molecule has 0 spiro atoms.